The van der Waals surface area contributed by atoms with Gasteiger partial charge in [-0.3, -0.25) is 0 Å². The quantitative estimate of drug-likeness (QED) is 0.827. The Kier molecular flexibility index (Phi) is 3.39. The fourth-order valence-electron chi connectivity index (χ4n) is 1.85. The third-order valence-corrected chi connectivity index (χ3v) is 2.83. The second-order valence-corrected chi connectivity index (χ2v) is 4.21. The molecule has 2 rings (SSSR count). The first kappa shape index (κ1) is 11.3. The molecular formula is C12H19N3O. The van der Waals surface area contributed by atoms with Gasteiger partial charge in [-0.05, 0) is 32.1 Å². The van der Waals surface area contributed by atoms with Gasteiger partial charge in [-0.1, -0.05) is 6.92 Å². The zero-order valence-corrected chi connectivity index (χ0v) is 9.94. The molecule has 88 valence electrons. The van der Waals surface area contributed by atoms with Crippen molar-refractivity contribution in [2.75, 3.05) is 12.3 Å². The molecule has 1 aliphatic rings. The lowest BCUT2D eigenvalue weighted by Gasteiger charge is -2.15. The molecule has 1 fully saturated rings. The minimum atomic E-state index is 0.0406. The van der Waals surface area contributed by atoms with Crippen LogP contribution in [-0.4, -0.2) is 16.6 Å². The number of rotatable bonds is 5. The topological polar surface area (TPSA) is 61.0 Å². The average Bonchev–Trinajstić information content (AvgIpc) is 3.08. The van der Waals surface area contributed by atoms with E-state index in [0.717, 1.165) is 17.9 Å². The number of anilines is 1. The van der Waals surface area contributed by atoms with Crippen LogP contribution in [0.5, 0.6) is 0 Å². The molecule has 1 aliphatic carbocycles. The first-order valence-electron chi connectivity index (χ1n) is 5.99. The van der Waals surface area contributed by atoms with Gasteiger partial charge in [0.1, 0.15) is 11.9 Å². The van der Waals surface area contributed by atoms with Crippen molar-refractivity contribution in [3.8, 4) is 0 Å². The molecule has 16 heavy (non-hydrogen) atoms. The van der Waals surface area contributed by atoms with Crippen molar-refractivity contribution in [3.63, 3.8) is 0 Å². The standard InChI is InChI=1S/C12H19N3O/c1-3-9-7-10(13)15-12(14-9)11(16-4-2)8-5-6-8/h7-8,11H,3-6H2,1-2H3,(H2,13,14,15). The zero-order valence-electron chi connectivity index (χ0n) is 9.94. The Balaban J connectivity index is 2.25. The van der Waals surface area contributed by atoms with Crippen LogP contribution in [-0.2, 0) is 11.2 Å². The van der Waals surface area contributed by atoms with Crippen molar-refractivity contribution < 1.29 is 4.74 Å². The highest BCUT2D eigenvalue weighted by molar-refractivity contribution is 5.30. The van der Waals surface area contributed by atoms with E-state index in [2.05, 4.69) is 16.9 Å². The maximum Gasteiger partial charge on any atom is 0.160 e. The summed E-state index contributed by atoms with van der Waals surface area (Å²) in [5.41, 5.74) is 6.78. The molecule has 2 N–H and O–H groups in total. The maximum absolute atomic E-state index is 5.78. The van der Waals surface area contributed by atoms with Crippen molar-refractivity contribution in [1.29, 1.82) is 0 Å². The Hall–Kier alpha value is -1.16. The lowest BCUT2D eigenvalue weighted by Crippen LogP contribution is -2.13. The van der Waals surface area contributed by atoms with Crippen LogP contribution in [0.3, 0.4) is 0 Å². The van der Waals surface area contributed by atoms with E-state index in [1.54, 1.807) is 0 Å². The number of aromatic nitrogens is 2. The van der Waals surface area contributed by atoms with Crippen molar-refractivity contribution in [2.45, 2.75) is 39.2 Å². The largest absolute Gasteiger partial charge is 0.384 e. The summed E-state index contributed by atoms with van der Waals surface area (Å²) in [7, 11) is 0. The molecule has 1 saturated carbocycles. The summed E-state index contributed by atoms with van der Waals surface area (Å²) < 4.78 is 5.73. The second-order valence-electron chi connectivity index (χ2n) is 4.21. The van der Waals surface area contributed by atoms with Gasteiger partial charge in [0.25, 0.3) is 0 Å². The summed E-state index contributed by atoms with van der Waals surface area (Å²) >= 11 is 0. The third kappa shape index (κ3) is 2.50. The molecule has 0 saturated heterocycles. The number of hydrogen-bond donors (Lipinski definition) is 1. The van der Waals surface area contributed by atoms with E-state index in [0.29, 0.717) is 18.3 Å². The van der Waals surface area contributed by atoms with Gasteiger partial charge in [0, 0.05) is 18.4 Å². The van der Waals surface area contributed by atoms with Crippen molar-refractivity contribution in [2.24, 2.45) is 5.92 Å². The van der Waals surface area contributed by atoms with Crippen molar-refractivity contribution >= 4 is 5.82 Å². The van der Waals surface area contributed by atoms with Crippen LogP contribution in [0.1, 0.15) is 44.3 Å². The molecule has 1 heterocycles. The second kappa shape index (κ2) is 4.78. The van der Waals surface area contributed by atoms with Crippen LogP contribution >= 0.6 is 0 Å². The minimum absolute atomic E-state index is 0.0406. The van der Waals surface area contributed by atoms with E-state index in [9.17, 15) is 0 Å². The number of nitrogens with two attached hydrogens (primary N) is 1. The monoisotopic (exact) mass is 221 g/mol. The van der Waals surface area contributed by atoms with Crippen LogP contribution in [0.4, 0.5) is 5.82 Å². The highest BCUT2D eigenvalue weighted by Gasteiger charge is 2.35. The average molecular weight is 221 g/mol. The number of nitrogen functional groups attached to an aromatic ring is 1. The Bertz CT molecular complexity index is 363. The molecule has 0 aromatic carbocycles. The first-order chi connectivity index (χ1) is 7.74. The first-order valence-corrected chi connectivity index (χ1v) is 5.99. The molecule has 1 unspecified atom stereocenters. The fourth-order valence-corrected chi connectivity index (χ4v) is 1.85. The molecule has 1 aromatic rings. The molecule has 4 heteroatoms. The van der Waals surface area contributed by atoms with Gasteiger partial charge in [-0.2, -0.15) is 0 Å². The Morgan fingerprint density at radius 1 is 1.44 bits per heavy atom. The van der Waals surface area contributed by atoms with Gasteiger partial charge < -0.3 is 10.5 Å². The number of hydrogen-bond acceptors (Lipinski definition) is 4. The van der Waals surface area contributed by atoms with Gasteiger partial charge in [-0.25, -0.2) is 9.97 Å². The predicted octanol–water partition coefficient (Wildman–Crippen LogP) is 2.11. The summed E-state index contributed by atoms with van der Waals surface area (Å²) in [4.78, 5) is 8.82. The Labute approximate surface area is 96.2 Å². The van der Waals surface area contributed by atoms with E-state index in [1.165, 1.54) is 12.8 Å². The molecule has 0 bridgehead atoms. The smallest absolute Gasteiger partial charge is 0.160 e. The molecule has 0 spiro atoms. The summed E-state index contributed by atoms with van der Waals surface area (Å²) in [6.45, 7) is 4.77. The van der Waals surface area contributed by atoms with Crippen LogP contribution in [0.15, 0.2) is 6.07 Å². The van der Waals surface area contributed by atoms with E-state index < -0.39 is 0 Å². The van der Waals surface area contributed by atoms with Crippen LogP contribution in [0.2, 0.25) is 0 Å². The molecule has 0 radical (unpaired) electrons. The van der Waals surface area contributed by atoms with Crippen LogP contribution < -0.4 is 5.73 Å². The predicted molar refractivity (Wildman–Crippen MR) is 62.9 cm³/mol. The molecular weight excluding hydrogens is 202 g/mol. The Morgan fingerprint density at radius 3 is 2.75 bits per heavy atom. The summed E-state index contributed by atoms with van der Waals surface area (Å²) in [6, 6.07) is 1.83. The third-order valence-electron chi connectivity index (χ3n) is 2.83. The number of ether oxygens (including phenoxy) is 1. The highest BCUT2D eigenvalue weighted by atomic mass is 16.5. The maximum atomic E-state index is 5.78. The normalized spacial score (nSPS) is 17.4. The Morgan fingerprint density at radius 2 is 2.19 bits per heavy atom. The summed E-state index contributed by atoms with van der Waals surface area (Å²) in [5, 5.41) is 0. The number of nitrogens with zero attached hydrogens (tertiary/aromatic N) is 2. The summed E-state index contributed by atoms with van der Waals surface area (Å²) in [6.07, 6.45) is 3.34. The lowest BCUT2D eigenvalue weighted by molar-refractivity contribution is 0.0400. The van der Waals surface area contributed by atoms with E-state index in [1.807, 2.05) is 13.0 Å². The minimum Gasteiger partial charge on any atom is -0.384 e. The molecule has 1 aromatic heterocycles. The molecule has 0 amide bonds. The molecule has 4 nitrogen and oxygen atoms in total. The van der Waals surface area contributed by atoms with Gasteiger partial charge in [0.2, 0.25) is 0 Å². The van der Waals surface area contributed by atoms with E-state index in [-0.39, 0.29) is 6.10 Å². The zero-order chi connectivity index (χ0) is 11.5. The SMILES string of the molecule is CCOC(c1nc(N)cc(CC)n1)C1CC1. The van der Waals surface area contributed by atoms with Crippen LogP contribution in [0.25, 0.3) is 0 Å². The van der Waals surface area contributed by atoms with Gasteiger partial charge >= 0.3 is 0 Å². The van der Waals surface area contributed by atoms with Gasteiger partial charge in [0.15, 0.2) is 5.82 Å². The van der Waals surface area contributed by atoms with E-state index >= 15 is 0 Å². The lowest BCUT2D eigenvalue weighted by atomic mass is 10.2. The van der Waals surface area contributed by atoms with Crippen molar-refractivity contribution in [1.82, 2.24) is 9.97 Å². The molecule has 1 atom stereocenters. The summed E-state index contributed by atoms with van der Waals surface area (Å²) in [5.74, 6) is 1.90. The van der Waals surface area contributed by atoms with Crippen LogP contribution in [0, 0.1) is 5.92 Å². The van der Waals surface area contributed by atoms with Gasteiger partial charge in [0.05, 0.1) is 0 Å². The van der Waals surface area contributed by atoms with E-state index in [4.69, 9.17) is 10.5 Å². The fraction of sp³-hybridized carbons (Fsp3) is 0.667. The van der Waals surface area contributed by atoms with Gasteiger partial charge in [-0.15, -0.1) is 0 Å². The number of aryl methyl sites for hydroxylation is 1. The molecule has 0 aliphatic heterocycles. The highest BCUT2D eigenvalue weighted by Crippen LogP contribution is 2.42. The van der Waals surface area contributed by atoms with Crippen molar-refractivity contribution in [3.05, 3.63) is 17.6 Å².